The number of thiophene rings is 1. The number of nitrogens with zero attached hydrogens (tertiary/aromatic N) is 3. The minimum atomic E-state index is -0.0459. The number of carbonyl (C=O) groups excluding carboxylic acids is 1. The summed E-state index contributed by atoms with van der Waals surface area (Å²) in [5.74, 6) is -0.0459. The molecule has 152 valence electrons. The maximum Gasteiger partial charge on any atom is 0.262 e. The number of carbonyl (C=O) groups is 1. The maximum absolute atomic E-state index is 13.0. The lowest BCUT2D eigenvalue weighted by molar-refractivity contribution is -0.130. The molecule has 8 heteroatoms. The molecular formula is C21H21Cl2N3O2S. The van der Waals surface area contributed by atoms with E-state index in [0.29, 0.717) is 23.1 Å². The topological polar surface area (TPSA) is 55.2 Å². The maximum atomic E-state index is 13.0. The highest BCUT2D eigenvalue weighted by atomic mass is 35.5. The van der Waals surface area contributed by atoms with E-state index in [0.717, 1.165) is 35.0 Å². The van der Waals surface area contributed by atoms with Crippen molar-refractivity contribution in [2.45, 2.75) is 45.2 Å². The molecule has 1 aliphatic carbocycles. The lowest BCUT2D eigenvalue weighted by atomic mass is 9.97. The largest absolute Gasteiger partial charge is 0.341 e. The van der Waals surface area contributed by atoms with E-state index in [1.54, 1.807) is 46.3 Å². The summed E-state index contributed by atoms with van der Waals surface area (Å²) in [5.41, 5.74) is 2.04. The van der Waals surface area contributed by atoms with Gasteiger partial charge in [-0.25, -0.2) is 4.98 Å². The zero-order valence-electron chi connectivity index (χ0n) is 16.1. The van der Waals surface area contributed by atoms with Crippen LogP contribution in [0.15, 0.2) is 29.3 Å². The number of hydrogen-bond acceptors (Lipinski definition) is 4. The van der Waals surface area contributed by atoms with E-state index in [1.165, 1.54) is 16.9 Å². The fraction of sp³-hybridized carbons (Fsp3) is 0.381. The Morgan fingerprint density at radius 3 is 2.83 bits per heavy atom. The Kier molecular flexibility index (Phi) is 5.95. The SMILES string of the molecule is CN(Cc1ccc(Cl)c(Cl)c1)C(=O)CCn1cnc2sc3c(c2c1=O)CCCC3. The fourth-order valence-electron chi connectivity index (χ4n) is 3.75. The Morgan fingerprint density at radius 1 is 1.24 bits per heavy atom. The van der Waals surface area contributed by atoms with Crippen LogP contribution in [-0.4, -0.2) is 27.4 Å². The van der Waals surface area contributed by atoms with E-state index in [4.69, 9.17) is 23.2 Å². The van der Waals surface area contributed by atoms with Crippen molar-refractivity contribution in [3.63, 3.8) is 0 Å². The molecular weight excluding hydrogens is 429 g/mol. The quantitative estimate of drug-likeness (QED) is 0.567. The molecule has 1 aliphatic rings. The van der Waals surface area contributed by atoms with Gasteiger partial charge in [-0.3, -0.25) is 14.2 Å². The van der Waals surface area contributed by atoms with Gasteiger partial charge in [-0.1, -0.05) is 29.3 Å². The number of amides is 1. The molecule has 0 bridgehead atoms. The molecule has 0 unspecified atom stereocenters. The summed E-state index contributed by atoms with van der Waals surface area (Å²) in [6.45, 7) is 0.747. The Morgan fingerprint density at radius 2 is 2.03 bits per heavy atom. The molecule has 2 heterocycles. The van der Waals surface area contributed by atoms with Crippen LogP contribution in [0.3, 0.4) is 0 Å². The average molecular weight is 450 g/mol. The first kappa shape index (κ1) is 20.4. The van der Waals surface area contributed by atoms with Crippen molar-refractivity contribution in [3.05, 3.63) is 60.9 Å². The number of aryl methyl sites for hydroxylation is 3. The van der Waals surface area contributed by atoms with Crippen molar-refractivity contribution in [1.29, 1.82) is 0 Å². The molecule has 29 heavy (non-hydrogen) atoms. The van der Waals surface area contributed by atoms with Crippen LogP contribution in [-0.2, 0) is 30.7 Å². The minimum absolute atomic E-state index is 0.0330. The van der Waals surface area contributed by atoms with E-state index < -0.39 is 0 Å². The molecule has 0 aliphatic heterocycles. The van der Waals surface area contributed by atoms with Gasteiger partial charge in [-0.2, -0.15) is 0 Å². The molecule has 1 amide bonds. The molecule has 0 saturated heterocycles. The molecule has 0 radical (unpaired) electrons. The van der Waals surface area contributed by atoms with Gasteiger partial charge in [0, 0.05) is 31.4 Å². The molecule has 3 aromatic rings. The molecule has 0 fully saturated rings. The summed E-state index contributed by atoms with van der Waals surface area (Å²) in [7, 11) is 1.74. The van der Waals surface area contributed by atoms with Crippen LogP contribution < -0.4 is 5.56 Å². The standard InChI is InChI=1S/C21H21Cl2N3O2S/c1-25(11-13-6-7-15(22)16(23)10-13)18(27)8-9-26-12-24-20-19(21(26)28)14-4-2-3-5-17(14)29-20/h6-7,10,12H,2-5,8-9,11H2,1H3. The van der Waals surface area contributed by atoms with Crippen molar-refractivity contribution in [1.82, 2.24) is 14.5 Å². The van der Waals surface area contributed by atoms with Crippen molar-refractivity contribution in [2.24, 2.45) is 0 Å². The van der Waals surface area contributed by atoms with Crippen LogP contribution >= 0.6 is 34.5 Å². The molecule has 1 aromatic carbocycles. The summed E-state index contributed by atoms with van der Waals surface area (Å²) in [4.78, 5) is 33.8. The highest BCUT2D eigenvalue weighted by Crippen LogP contribution is 2.33. The predicted molar refractivity (Wildman–Crippen MR) is 118 cm³/mol. The van der Waals surface area contributed by atoms with Crippen LogP contribution in [0.25, 0.3) is 10.2 Å². The molecule has 4 rings (SSSR count). The van der Waals surface area contributed by atoms with Gasteiger partial charge in [0.2, 0.25) is 5.91 Å². The van der Waals surface area contributed by atoms with Gasteiger partial charge in [0.25, 0.3) is 5.56 Å². The van der Waals surface area contributed by atoms with Gasteiger partial charge in [-0.15, -0.1) is 11.3 Å². The zero-order chi connectivity index (χ0) is 20.5. The normalized spacial score (nSPS) is 13.5. The number of benzene rings is 1. The van der Waals surface area contributed by atoms with Crippen LogP contribution in [0.1, 0.15) is 35.3 Å². The lowest BCUT2D eigenvalue weighted by Crippen LogP contribution is -2.29. The van der Waals surface area contributed by atoms with Crippen molar-refractivity contribution < 1.29 is 4.79 Å². The first-order valence-electron chi connectivity index (χ1n) is 9.61. The smallest absolute Gasteiger partial charge is 0.262 e. The number of hydrogen-bond donors (Lipinski definition) is 0. The van der Waals surface area contributed by atoms with E-state index >= 15 is 0 Å². The summed E-state index contributed by atoms with van der Waals surface area (Å²) in [6, 6.07) is 5.33. The third-order valence-corrected chi connectivity index (χ3v) is 7.28. The van der Waals surface area contributed by atoms with Gasteiger partial charge in [-0.05, 0) is 48.9 Å². The third-order valence-electron chi connectivity index (χ3n) is 5.34. The summed E-state index contributed by atoms with van der Waals surface area (Å²) < 4.78 is 1.56. The second-order valence-corrected chi connectivity index (χ2v) is 9.28. The molecule has 0 spiro atoms. The van der Waals surface area contributed by atoms with Gasteiger partial charge < -0.3 is 4.90 Å². The third kappa shape index (κ3) is 4.20. The van der Waals surface area contributed by atoms with Crippen LogP contribution in [0.4, 0.5) is 0 Å². The second kappa shape index (κ2) is 8.46. The monoisotopic (exact) mass is 449 g/mol. The lowest BCUT2D eigenvalue weighted by Gasteiger charge is -2.18. The average Bonchev–Trinajstić information content (AvgIpc) is 3.09. The predicted octanol–water partition coefficient (Wildman–Crippen LogP) is 4.69. The van der Waals surface area contributed by atoms with Gasteiger partial charge in [0.15, 0.2) is 0 Å². The van der Waals surface area contributed by atoms with E-state index in [1.807, 2.05) is 6.07 Å². The highest BCUT2D eigenvalue weighted by Gasteiger charge is 2.20. The Labute approximate surface area is 182 Å². The first-order valence-corrected chi connectivity index (χ1v) is 11.2. The minimum Gasteiger partial charge on any atom is -0.341 e. The van der Waals surface area contributed by atoms with Crippen molar-refractivity contribution in [3.8, 4) is 0 Å². The van der Waals surface area contributed by atoms with Crippen molar-refractivity contribution in [2.75, 3.05) is 7.05 Å². The number of rotatable bonds is 5. The number of fused-ring (bicyclic) bond motifs is 3. The van der Waals surface area contributed by atoms with Gasteiger partial charge in [0.05, 0.1) is 21.8 Å². The van der Waals surface area contributed by atoms with Crippen LogP contribution in [0.2, 0.25) is 10.0 Å². The highest BCUT2D eigenvalue weighted by molar-refractivity contribution is 7.18. The zero-order valence-corrected chi connectivity index (χ0v) is 18.4. The van der Waals surface area contributed by atoms with E-state index in [9.17, 15) is 9.59 Å². The first-order chi connectivity index (χ1) is 13.9. The fourth-order valence-corrected chi connectivity index (χ4v) is 5.29. The Hall–Kier alpha value is -1.89. The second-order valence-electron chi connectivity index (χ2n) is 7.38. The number of aromatic nitrogens is 2. The van der Waals surface area contributed by atoms with E-state index in [-0.39, 0.29) is 17.9 Å². The summed E-state index contributed by atoms with van der Waals surface area (Å²) in [6.07, 6.45) is 6.07. The Bertz CT molecular complexity index is 1140. The van der Waals surface area contributed by atoms with Crippen molar-refractivity contribution >= 4 is 50.7 Å². The molecule has 0 atom stereocenters. The summed E-state index contributed by atoms with van der Waals surface area (Å²) >= 11 is 13.6. The van der Waals surface area contributed by atoms with Gasteiger partial charge >= 0.3 is 0 Å². The molecule has 2 aromatic heterocycles. The molecule has 0 saturated carbocycles. The molecule has 5 nitrogen and oxygen atoms in total. The Balaban J connectivity index is 1.46. The number of halogens is 2. The molecule has 0 N–H and O–H groups in total. The van der Waals surface area contributed by atoms with E-state index in [2.05, 4.69) is 4.98 Å². The van der Waals surface area contributed by atoms with Crippen LogP contribution in [0.5, 0.6) is 0 Å². The van der Waals surface area contributed by atoms with Gasteiger partial charge in [0.1, 0.15) is 4.83 Å². The summed E-state index contributed by atoms with van der Waals surface area (Å²) in [5, 5.41) is 1.71. The van der Waals surface area contributed by atoms with Crippen LogP contribution in [0, 0.1) is 0 Å².